The Morgan fingerprint density at radius 1 is 1.00 bits per heavy atom. The number of nitrogens with zero attached hydrogens (tertiary/aromatic N) is 3. The lowest BCUT2D eigenvalue weighted by molar-refractivity contribution is 0.0802. The van der Waals surface area contributed by atoms with Crippen LogP contribution in [0.5, 0.6) is 0 Å². The molecule has 1 heterocycles. The van der Waals surface area contributed by atoms with Crippen molar-refractivity contribution in [2.24, 2.45) is 0 Å². The molecule has 1 aliphatic rings. The molecule has 1 aliphatic heterocycles. The van der Waals surface area contributed by atoms with Crippen LogP contribution >= 0.6 is 0 Å². The highest BCUT2D eigenvalue weighted by Crippen LogP contribution is 2.20. The van der Waals surface area contributed by atoms with Gasteiger partial charge in [-0.1, -0.05) is 36.4 Å². The molecule has 3 rings (SSSR count). The first-order valence-corrected chi connectivity index (χ1v) is 11.0. The highest BCUT2D eigenvalue weighted by atomic mass is 32.2. The second-order valence-electron chi connectivity index (χ2n) is 7.01. The lowest BCUT2D eigenvalue weighted by atomic mass is 10.2. The lowest BCUT2D eigenvalue weighted by Crippen LogP contribution is -2.48. The van der Waals surface area contributed by atoms with Crippen LogP contribution in [0.4, 0.5) is 0 Å². The monoisotopic (exact) mass is 401 g/mol. The highest BCUT2D eigenvalue weighted by molar-refractivity contribution is 7.89. The van der Waals surface area contributed by atoms with Crippen LogP contribution in [0.1, 0.15) is 22.8 Å². The molecule has 0 saturated carbocycles. The molecule has 1 amide bonds. The van der Waals surface area contributed by atoms with E-state index in [4.69, 9.17) is 0 Å². The summed E-state index contributed by atoms with van der Waals surface area (Å²) in [5.41, 5.74) is 1.62. The minimum absolute atomic E-state index is 0.174. The zero-order valence-corrected chi connectivity index (χ0v) is 17.2. The number of amides is 1. The molecule has 28 heavy (non-hydrogen) atoms. The number of carbonyl (C=O) groups is 1. The number of piperazine rings is 1. The van der Waals surface area contributed by atoms with Gasteiger partial charge in [0.25, 0.3) is 5.91 Å². The van der Waals surface area contributed by atoms with Crippen molar-refractivity contribution < 1.29 is 13.2 Å². The summed E-state index contributed by atoms with van der Waals surface area (Å²) in [6, 6.07) is 16.5. The van der Waals surface area contributed by atoms with Crippen molar-refractivity contribution in [1.82, 2.24) is 14.1 Å². The summed E-state index contributed by atoms with van der Waals surface area (Å²) >= 11 is 0. The molecule has 0 atom stereocenters. The molecule has 6 nitrogen and oxygen atoms in total. The molecule has 2 aromatic carbocycles. The average molecular weight is 402 g/mol. The predicted octanol–water partition coefficient (Wildman–Crippen LogP) is 2.29. The van der Waals surface area contributed by atoms with E-state index < -0.39 is 10.0 Å². The maximum absolute atomic E-state index is 13.0. The topological polar surface area (TPSA) is 60.9 Å². The highest BCUT2D eigenvalue weighted by Gasteiger charge is 2.29. The van der Waals surface area contributed by atoms with Crippen molar-refractivity contribution in [1.29, 1.82) is 0 Å². The molecule has 0 aliphatic carbocycles. The lowest BCUT2D eigenvalue weighted by Gasteiger charge is -2.34. The smallest absolute Gasteiger partial charge is 0.253 e. The normalized spacial score (nSPS) is 16.1. The molecule has 0 aromatic heterocycles. The summed E-state index contributed by atoms with van der Waals surface area (Å²) in [4.78, 5) is 16.4. The zero-order chi connectivity index (χ0) is 20.1. The molecule has 7 heteroatoms. The summed E-state index contributed by atoms with van der Waals surface area (Å²) in [7, 11) is -1.91. The van der Waals surface area contributed by atoms with E-state index in [1.807, 2.05) is 25.1 Å². The number of sulfonamides is 1. The van der Waals surface area contributed by atoms with E-state index in [0.717, 1.165) is 6.54 Å². The number of rotatable bonds is 6. The quantitative estimate of drug-likeness (QED) is 0.745. The molecule has 2 aromatic rings. The Balaban J connectivity index is 1.68. The summed E-state index contributed by atoms with van der Waals surface area (Å²) < 4.78 is 27.6. The van der Waals surface area contributed by atoms with Gasteiger partial charge in [-0.15, -0.1) is 0 Å². The van der Waals surface area contributed by atoms with Crippen LogP contribution in [0.3, 0.4) is 0 Å². The minimum Gasteiger partial charge on any atom is -0.342 e. The Morgan fingerprint density at radius 2 is 1.68 bits per heavy atom. The van der Waals surface area contributed by atoms with Gasteiger partial charge in [-0.25, -0.2) is 8.42 Å². The fraction of sp³-hybridized carbons (Fsp3) is 0.381. The summed E-state index contributed by atoms with van der Waals surface area (Å²) in [6.45, 7) is 5.54. The van der Waals surface area contributed by atoms with Crippen molar-refractivity contribution in [2.75, 3.05) is 39.8 Å². The Bertz CT molecular complexity index is 908. The maximum Gasteiger partial charge on any atom is 0.253 e. The van der Waals surface area contributed by atoms with Gasteiger partial charge in [-0.2, -0.15) is 4.31 Å². The third-order valence-corrected chi connectivity index (χ3v) is 7.01. The average Bonchev–Trinajstić information content (AvgIpc) is 2.74. The molecule has 1 saturated heterocycles. The van der Waals surface area contributed by atoms with Gasteiger partial charge in [0.2, 0.25) is 10.0 Å². The van der Waals surface area contributed by atoms with Gasteiger partial charge < -0.3 is 4.90 Å². The van der Waals surface area contributed by atoms with E-state index in [0.29, 0.717) is 38.3 Å². The van der Waals surface area contributed by atoms with Crippen LogP contribution < -0.4 is 0 Å². The Labute approximate surface area is 167 Å². The van der Waals surface area contributed by atoms with E-state index in [1.54, 1.807) is 30.1 Å². The molecular weight excluding hydrogens is 374 g/mol. The molecule has 0 spiro atoms. The second kappa shape index (κ2) is 8.86. The molecule has 0 unspecified atom stereocenters. The Hall–Kier alpha value is -2.22. The van der Waals surface area contributed by atoms with Crippen LogP contribution in [0.15, 0.2) is 59.5 Å². The third-order valence-electron chi connectivity index (χ3n) is 5.12. The zero-order valence-electron chi connectivity index (χ0n) is 16.4. The minimum atomic E-state index is -3.61. The predicted molar refractivity (Wildman–Crippen MR) is 110 cm³/mol. The van der Waals surface area contributed by atoms with Crippen molar-refractivity contribution in [3.05, 3.63) is 65.7 Å². The Morgan fingerprint density at radius 3 is 2.32 bits per heavy atom. The first kappa shape index (κ1) is 20.5. The fourth-order valence-electron chi connectivity index (χ4n) is 3.27. The molecule has 0 bridgehead atoms. The van der Waals surface area contributed by atoms with E-state index in [9.17, 15) is 13.2 Å². The maximum atomic E-state index is 13.0. The number of hydrogen-bond donors (Lipinski definition) is 0. The van der Waals surface area contributed by atoms with E-state index >= 15 is 0 Å². The van der Waals surface area contributed by atoms with E-state index in [2.05, 4.69) is 17.0 Å². The van der Waals surface area contributed by atoms with Gasteiger partial charge in [-0.05, 0) is 30.7 Å². The van der Waals surface area contributed by atoms with Gasteiger partial charge in [0.05, 0.1) is 4.90 Å². The SMILES string of the molecule is CCN(C)C(=O)c1cccc(S(=O)(=O)N2CCN(Cc3ccccc3)CC2)c1. The van der Waals surface area contributed by atoms with Crippen molar-refractivity contribution >= 4 is 15.9 Å². The molecule has 1 fully saturated rings. The summed E-state index contributed by atoms with van der Waals surface area (Å²) in [5.74, 6) is -0.174. The van der Waals surface area contributed by atoms with Crippen LogP contribution in [0, 0.1) is 0 Å². The van der Waals surface area contributed by atoms with Crippen LogP contribution in [-0.4, -0.2) is 68.2 Å². The van der Waals surface area contributed by atoms with Crippen LogP contribution in [0.25, 0.3) is 0 Å². The van der Waals surface area contributed by atoms with Crippen LogP contribution in [0.2, 0.25) is 0 Å². The summed E-state index contributed by atoms with van der Waals surface area (Å²) in [5, 5.41) is 0. The van der Waals surface area contributed by atoms with Gasteiger partial charge in [0.15, 0.2) is 0 Å². The Kier molecular flexibility index (Phi) is 6.49. The second-order valence-corrected chi connectivity index (χ2v) is 8.95. The van der Waals surface area contributed by atoms with Gasteiger partial charge in [-0.3, -0.25) is 9.69 Å². The first-order chi connectivity index (χ1) is 13.4. The van der Waals surface area contributed by atoms with Gasteiger partial charge >= 0.3 is 0 Å². The van der Waals surface area contributed by atoms with Gasteiger partial charge in [0.1, 0.15) is 0 Å². The molecule has 0 N–H and O–H groups in total. The molecular formula is C21H27N3O3S. The number of carbonyl (C=O) groups excluding carboxylic acids is 1. The van der Waals surface area contributed by atoms with Gasteiger partial charge in [0, 0.05) is 51.9 Å². The number of benzene rings is 2. The van der Waals surface area contributed by atoms with E-state index in [1.165, 1.54) is 15.9 Å². The van der Waals surface area contributed by atoms with Crippen molar-refractivity contribution in [3.8, 4) is 0 Å². The number of hydrogen-bond acceptors (Lipinski definition) is 4. The van der Waals surface area contributed by atoms with E-state index in [-0.39, 0.29) is 10.8 Å². The first-order valence-electron chi connectivity index (χ1n) is 9.54. The molecule has 0 radical (unpaired) electrons. The third kappa shape index (κ3) is 4.60. The van der Waals surface area contributed by atoms with Crippen molar-refractivity contribution in [2.45, 2.75) is 18.4 Å². The van der Waals surface area contributed by atoms with Crippen molar-refractivity contribution in [3.63, 3.8) is 0 Å². The fourth-order valence-corrected chi connectivity index (χ4v) is 4.74. The molecule has 150 valence electrons. The largest absolute Gasteiger partial charge is 0.342 e. The summed E-state index contributed by atoms with van der Waals surface area (Å²) in [6.07, 6.45) is 0. The standard InChI is InChI=1S/C21H27N3O3S/c1-3-22(2)21(25)19-10-7-11-20(16-19)28(26,27)24-14-12-23(13-15-24)17-18-8-5-4-6-9-18/h4-11,16H,3,12-15,17H2,1-2H3. The van der Waals surface area contributed by atoms with Crippen LogP contribution in [-0.2, 0) is 16.6 Å².